The molecule has 0 unspecified atom stereocenters. The molecule has 0 aliphatic rings. The van der Waals surface area contributed by atoms with Crippen molar-refractivity contribution in [3.05, 3.63) is 57.6 Å². The van der Waals surface area contributed by atoms with Crippen molar-refractivity contribution in [3.63, 3.8) is 0 Å². The molecule has 2 aromatic carbocycles. The summed E-state index contributed by atoms with van der Waals surface area (Å²) in [6.45, 7) is -2.33. The van der Waals surface area contributed by atoms with Crippen LogP contribution in [-0.4, -0.2) is 95.6 Å². The number of ether oxygens (including phenoxy) is 2. The smallest absolute Gasteiger partial charge is 0.460 e. The molecular formula is C34H23F26N3O5. The van der Waals surface area contributed by atoms with E-state index >= 15 is 0 Å². The fourth-order valence-corrected chi connectivity index (χ4v) is 5.12. The third-order valence-corrected chi connectivity index (χ3v) is 9.06. The predicted molar refractivity (Wildman–Crippen MR) is 172 cm³/mol. The van der Waals surface area contributed by atoms with Crippen molar-refractivity contribution in [2.75, 3.05) is 18.5 Å². The summed E-state index contributed by atoms with van der Waals surface area (Å²) >= 11 is 0. The van der Waals surface area contributed by atoms with Crippen LogP contribution in [0.2, 0.25) is 0 Å². The zero-order valence-corrected chi connectivity index (χ0v) is 32.4. The van der Waals surface area contributed by atoms with Gasteiger partial charge in [0.1, 0.15) is 5.69 Å². The molecule has 0 radical (unpaired) electrons. The minimum atomic E-state index is -8.19. The lowest BCUT2D eigenvalue weighted by Gasteiger charge is -2.39. The Hall–Kier alpha value is -5.42. The van der Waals surface area contributed by atoms with Crippen LogP contribution in [0.4, 0.5) is 126 Å². The van der Waals surface area contributed by atoms with E-state index in [1.807, 2.05) is 5.32 Å². The first-order valence-electron chi connectivity index (χ1n) is 17.6. The van der Waals surface area contributed by atoms with Crippen LogP contribution in [0.3, 0.4) is 0 Å². The Kier molecular flexibility index (Phi) is 16.5. The lowest BCUT2D eigenvalue weighted by molar-refractivity contribution is -0.440. The maximum absolute atomic E-state index is 14.2. The molecule has 0 aromatic heterocycles. The maximum atomic E-state index is 14.2. The monoisotopic (exact) mass is 1050 g/mol. The molecule has 386 valence electrons. The van der Waals surface area contributed by atoms with E-state index in [-0.39, 0.29) is 5.56 Å². The number of benzene rings is 2. The van der Waals surface area contributed by atoms with Crippen LogP contribution in [-0.2, 0) is 0 Å². The van der Waals surface area contributed by atoms with E-state index in [1.54, 1.807) is 6.07 Å². The summed E-state index contributed by atoms with van der Waals surface area (Å²) < 4.78 is 359. The molecule has 0 heterocycles. The molecule has 0 saturated heterocycles. The number of halogens is 26. The number of carbonyl (C=O) groups excluding carboxylic acids is 1. The molecule has 0 bridgehead atoms. The second kappa shape index (κ2) is 19.2. The summed E-state index contributed by atoms with van der Waals surface area (Å²) in [5.41, 5.74) is -2.48. The molecule has 1 N–H and O–H groups in total. The number of unbranched alkanes of at least 4 members (excludes halogenated alkanes) is 2. The highest BCUT2D eigenvalue weighted by Crippen LogP contribution is 2.62. The second-order valence-electron chi connectivity index (χ2n) is 13.8. The van der Waals surface area contributed by atoms with E-state index in [1.165, 1.54) is 0 Å². The lowest BCUT2D eigenvalue weighted by Crippen LogP contribution is -2.70. The van der Waals surface area contributed by atoms with Crippen molar-refractivity contribution in [3.8, 4) is 17.6 Å². The minimum Gasteiger partial charge on any atom is -0.490 e. The third-order valence-electron chi connectivity index (χ3n) is 9.06. The summed E-state index contributed by atoms with van der Waals surface area (Å²) in [5.74, 6) is -79.9. The van der Waals surface area contributed by atoms with Gasteiger partial charge in [0.2, 0.25) is 0 Å². The number of nitrogens with zero attached hydrogens (tertiary/aromatic N) is 2. The molecule has 34 heteroatoms. The number of amides is 1. The van der Waals surface area contributed by atoms with Crippen LogP contribution < -0.4 is 14.8 Å². The van der Waals surface area contributed by atoms with E-state index in [2.05, 4.69) is 0 Å². The number of alkyl halides is 26. The average Bonchev–Trinajstić information content (AvgIpc) is 3.19. The molecule has 0 aliphatic carbocycles. The fraction of sp³-hybridized carbons (Fsp3) is 0.588. The molecular weight excluding hydrogens is 1020 g/mol. The number of rotatable bonds is 23. The Morgan fingerprint density at radius 1 is 0.529 bits per heavy atom. The van der Waals surface area contributed by atoms with Crippen molar-refractivity contribution >= 4 is 17.3 Å². The summed E-state index contributed by atoms with van der Waals surface area (Å²) in [5, 5.41) is 22.4. The van der Waals surface area contributed by atoms with Gasteiger partial charge in [-0.3, -0.25) is 14.9 Å². The van der Waals surface area contributed by atoms with Gasteiger partial charge < -0.3 is 14.8 Å². The topological polar surface area (TPSA) is 114 Å². The summed E-state index contributed by atoms with van der Waals surface area (Å²) in [6, 6.07) is 5.86. The highest BCUT2D eigenvalue weighted by Gasteiger charge is 2.92. The van der Waals surface area contributed by atoms with E-state index in [0.29, 0.717) is 18.2 Å². The SMILES string of the molecule is N#Cc1ccc([N+](=O)[O-])c(NC(=O)c2ccc(OCCCCC(F)(F)C(F)(F)C(F)(F)C(F)(F)C(F)(F)C(F)(F)F)c(OCCCCC(F)(F)C(F)(F)C(F)(F)C(F)(F)C(F)(F)C(F)(F)F)c2)c1. The number of nitro groups is 1. The number of carbonyl (C=O) groups is 1. The average molecular weight is 1050 g/mol. The van der Waals surface area contributed by atoms with Crippen LogP contribution in [0.1, 0.15) is 54.4 Å². The van der Waals surface area contributed by atoms with Gasteiger partial charge in [0, 0.05) is 24.5 Å². The Morgan fingerprint density at radius 3 is 1.28 bits per heavy atom. The predicted octanol–water partition coefficient (Wildman–Crippen LogP) is 13.3. The second-order valence-corrected chi connectivity index (χ2v) is 13.8. The maximum Gasteiger partial charge on any atom is 0.460 e. The van der Waals surface area contributed by atoms with Gasteiger partial charge in [-0.1, -0.05) is 0 Å². The van der Waals surface area contributed by atoms with Crippen LogP contribution in [0.25, 0.3) is 0 Å². The summed E-state index contributed by atoms with van der Waals surface area (Å²) in [4.78, 5) is 23.3. The van der Waals surface area contributed by atoms with Crippen LogP contribution in [0, 0.1) is 21.4 Å². The van der Waals surface area contributed by atoms with Crippen LogP contribution in [0.15, 0.2) is 36.4 Å². The molecule has 0 atom stereocenters. The van der Waals surface area contributed by atoms with E-state index < -0.39 is 163 Å². The molecule has 0 spiro atoms. The van der Waals surface area contributed by atoms with Crippen molar-refractivity contribution in [2.24, 2.45) is 0 Å². The molecule has 0 saturated carbocycles. The number of anilines is 1. The van der Waals surface area contributed by atoms with Gasteiger partial charge in [-0.15, -0.1) is 0 Å². The van der Waals surface area contributed by atoms with Crippen molar-refractivity contribution in [1.82, 2.24) is 0 Å². The Labute approximate surface area is 360 Å². The number of nitriles is 1. The summed E-state index contributed by atoms with van der Waals surface area (Å²) in [7, 11) is 0. The van der Waals surface area contributed by atoms with Gasteiger partial charge in [-0.2, -0.15) is 119 Å². The summed E-state index contributed by atoms with van der Waals surface area (Å²) in [6.07, 6.45) is -26.1. The largest absolute Gasteiger partial charge is 0.490 e. The molecule has 8 nitrogen and oxygen atoms in total. The third kappa shape index (κ3) is 10.6. The molecule has 2 aromatic rings. The highest BCUT2D eigenvalue weighted by molar-refractivity contribution is 6.05. The van der Waals surface area contributed by atoms with Crippen LogP contribution in [0.5, 0.6) is 11.5 Å². The van der Waals surface area contributed by atoms with Gasteiger partial charge in [-0.05, 0) is 56.0 Å². The Morgan fingerprint density at radius 2 is 0.912 bits per heavy atom. The highest BCUT2D eigenvalue weighted by atomic mass is 19.4. The number of hydrogen-bond donors (Lipinski definition) is 1. The zero-order valence-electron chi connectivity index (χ0n) is 32.4. The first kappa shape index (κ1) is 58.7. The van der Waals surface area contributed by atoms with E-state index in [9.17, 15) is 129 Å². The van der Waals surface area contributed by atoms with Gasteiger partial charge in [0.05, 0.1) is 29.8 Å². The molecule has 68 heavy (non-hydrogen) atoms. The first-order chi connectivity index (χ1) is 30.3. The van der Waals surface area contributed by atoms with Crippen molar-refractivity contribution < 1.29 is 133 Å². The molecule has 1 amide bonds. The van der Waals surface area contributed by atoms with Gasteiger partial charge >= 0.3 is 71.6 Å². The van der Waals surface area contributed by atoms with Crippen molar-refractivity contribution in [1.29, 1.82) is 5.26 Å². The molecule has 0 fully saturated rings. The standard InChI is InChI=1S/C34H23F26N3O5/c35-23(36,25(39,40)27(43,44)29(47,48)31(51,52)33(55,56)57)9-1-3-11-67-20-8-6-17(22(64)62-18-13-16(15-61)5-7-19(18)63(65)66)14-21(20)68-12-4-2-10-24(37,38)26(41,42)28(45,46)30(49,50)32(53,54)34(58,59)60/h5-8,13-14H,1-4,9-12H2,(H,62,64). The molecule has 0 aliphatic heterocycles. The van der Waals surface area contributed by atoms with E-state index in [4.69, 9.17) is 14.7 Å². The number of nitrogens with one attached hydrogen (secondary N) is 1. The number of hydrogen-bond acceptors (Lipinski definition) is 6. The van der Waals surface area contributed by atoms with Crippen LogP contribution >= 0.6 is 0 Å². The first-order valence-corrected chi connectivity index (χ1v) is 17.6. The van der Waals surface area contributed by atoms with Gasteiger partial charge in [0.15, 0.2) is 11.5 Å². The quantitative estimate of drug-likeness (QED) is 0.0513. The molecule has 2 rings (SSSR count). The van der Waals surface area contributed by atoms with E-state index in [0.717, 1.165) is 18.2 Å². The Balaban J connectivity index is 2.36. The fourth-order valence-electron chi connectivity index (χ4n) is 5.12. The van der Waals surface area contributed by atoms with Crippen molar-refractivity contribution in [2.45, 2.75) is 110 Å². The normalized spacial score (nSPS) is 14.4. The zero-order chi connectivity index (χ0) is 53.3. The minimum absolute atomic E-state index is 0.283. The lowest BCUT2D eigenvalue weighted by atomic mass is 9.92. The number of nitro benzene ring substituents is 1. The van der Waals surface area contributed by atoms with Gasteiger partial charge in [-0.25, -0.2) is 0 Å². The van der Waals surface area contributed by atoms with Gasteiger partial charge in [0.25, 0.3) is 11.6 Å². The Bertz CT molecular complexity index is 2170.